The Morgan fingerprint density at radius 2 is 1.94 bits per heavy atom. The average molecular weight is 363 g/mol. The van der Waals surface area contributed by atoms with Gasteiger partial charge in [0.05, 0.1) is 3.57 Å². The molecular formula is C11H8ClIN2S. The first-order valence-electron chi connectivity index (χ1n) is 4.53. The predicted molar refractivity (Wildman–Crippen MR) is 77.0 cm³/mol. The van der Waals surface area contributed by atoms with Crippen LogP contribution in [0.1, 0.15) is 0 Å². The molecule has 0 fully saturated rings. The molecule has 16 heavy (non-hydrogen) atoms. The van der Waals surface area contributed by atoms with E-state index in [1.807, 2.05) is 18.4 Å². The molecule has 1 aromatic heterocycles. The second-order valence-electron chi connectivity index (χ2n) is 3.06. The lowest BCUT2D eigenvalue weighted by atomic mass is 10.2. The first-order chi connectivity index (χ1) is 7.70. The zero-order valence-electron chi connectivity index (χ0n) is 8.45. The molecule has 82 valence electrons. The van der Waals surface area contributed by atoms with Gasteiger partial charge in [-0.15, -0.1) is 11.8 Å². The molecule has 0 amide bonds. The van der Waals surface area contributed by atoms with E-state index in [0.717, 1.165) is 9.13 Å². The maximum absolute atomic E-state index is 5.96. The summed E-state index contributed by atoms with van der Waals surface area (Å²) in [6.45, 7) is 0. The molecular weight excluding hydrogens is 355 g/mol. The Morgan fingerprint density at radius 3 is 2.50 bits per heavy atom. The number of halogens is 2. The van der Waals surface area contributed by atoms with Crippen LogP contribution in [0.4, 0.5) is 0 Å². The van der Waals surface area contributed by atoms with Crippen LogP contribution < -0.4 is 0 Å². The normalized spacial score (nSPS) is 10.4. The van der Waals surface area contributed by atoms with Crippen LogP contribution in [0.15, 0.2) is 35.4 Å². The number of hydrogen-bond acceptors (Lipinski definition) is 3. The van der Waals surface area contributed by atoms with E-state index in [0.29, 0.717) is 11.0 Å². The summed E-state index contributed by atoms with van der Waals surface area (Å²) in [5.41, 5.74) is 0.983. The molecule has 0 unspecified atom stereocenters. The molecule has 0 aliphatic rings. The fourth-order valence-electron chi connectivity index (χ4n) is 1.23. The number of rotatable bonds is 2. The first kappa shape index (κ1) is 12.1. The van der Waals surface area contributed by atoms with E-state index in [1.54, 1.807) is 18.0 Å². The van der Waals surface area contributed by atoms with E-state index in [9.17, 15) is 0 Å². The topological polar surface area (TPSA) is 25.8 Å². The van der Waals surface area contributed by atoms with Crippen molar-refractivity contribution in [2.45, 2.75) is 4.90 Å². The molecule has 2 rings (SSSR count). The van der Waals surface area contributed by atoms with Gasteiger partial charge in [0.25, 0.3) is 0 Å². The molecule has 0 saturated carbocycles. The minimum Gasteiger partial charge on any atom is -0.235 e. The van der Waals surface area contributed by atoms with Gasteiger partial charge in [0.15, 0.2) is 5.82 Å². The van der Waals surface area contributed by atoms with Crippen molar-refractivity contribution < 1.29 is 0 Å². The highest BCUT2D eigenvalue weighted by Crippen LogP contribution is 2.22. The van der Waals surface area contributed by atoms with Crippen molar-refractivity contribution in [1.82, 2.24) is 9.97 Å². The van der Waals surface area contributed by atoms with Crippen LogP contribution in [0.2, 0.25) is 5.15 Å². The Balaban J connectivity index is 2.38. The Hall–Kier alpha value is -0.330. The van der Waals surface area contributed by atoms with Crippen LogP contribution >= 0.6 is 46.0 Å². The van der Waals surface area contributed by atoms with Crippen molar-refractivity contribution >= 4 is 46.0 Å². The predicted octanol–water partition coefficient (Wildman–Crippen LogP) is 4.12. The Kier molecular flexibility index (Phi) is 4.05. The van der Waals surface area contributed by atoms with E-state index >= 15 is 0 Å². The SMILES string of the molecule is CSc1ccc(-c2ncc(I)c(Cl)n2)cc1. The van der Waals surface area contributed by atoms with Gasteiger partial charge in [-0.1, -0.05) is 23.7 Å². The number of aromatic nitrogens is 2. The third kappa shape index (κ3) is 2.67. The third-order valence-corrected chi connectivity index (χ3v) is 4.19. The molecule has 0 saturated heterocycles. The highest BCUT2D eigenvalue weighted by atomic mass is 127. The molecule has 0 N–H and O–H groups in total. The molecule has 0 spiro atoms. The maximum Gasteiger partial charge on any atom is 0.160 e. The second-order valence-corrected chi connectivity index (χ2v) is 5.46. The summed E-state index contributed by atoms with van der Waals surface area (Å²) in [5.74, 6) is 0.665. The summed E-state index contributed by atoms with van der Waals surface area (Å²) in [6, 6.07) is 8.11. The minimum absolute atomic E-state index is 0.500. The van der Waals surface area contributed by atoms with Crippen LogP contribution in [0.5, 0.6) is 0 Å². The molecule has 2 nitrogen and oxygen atoms in total. The molecule has 0 atom stereocenters. The van der Waals surface area contributed by atoms with E-state index in [1.165, 1.54) is 4.90 Å². The lowest BCUT2D eigenvalue weighted by Crippen LogP contribution is -1.91. The molecule has 0 aliphatic heterocycles. The highest BCUT2D eigenvalue weighted by molar-refractivity contribution is 14.1. The maximum atomic E-state index is 5.96. The van der Waals surface area contributed by atoms with Crippen LogP contribution in [0.3, 0.4) is 0 Å². The van der Waals surface area contributed by atoms with Gasteiger partial charge < -0.3 is 0 Å². The lowest BCUT2D eigenvalue weighted by molar-refractivity contribution is 1.16. The number of benzene rings is 1. The largest absolute Gasteiger partial charge is 0.235 e. The van der Waals surface area contributed by atoms with Crippen molar-refractivity contribution in [3.05, 3.63) is 39.2 Å². The van der Waals surface area contributed by atoms with Gasteiger partial charge in [-0.3, -0.25) is 0 Å². The second kappa shape index (κ2) is 5.33. The van der Waals surface area contributed by atoms with E-state index in [4.69, 9.17) is 11.6 Å². The molecule has 2 aromatic rings. The third-order valence-electron chi connectivity index (χ3n) is 2.05. The Labute approximate surface area is 117 Å². The van der Waals surface area contributed by atoms with Crippen molar-refractivity contribution in [2.75, 3.05) is 6.26 Å². The van der Waals surface area contributed by atoms with Gasteiger partial charge in [0.1, 0.15) is 5.15 Å². The Bertz CT molecular complexity index is 502. The molecule has 0 radical (unpaired) electrons. The fraction of sp³-hybridized carbons (Fsp3) is 0.0909. The lowest BCUT2D eigenvalue weighted by Gasteiger charge is -2.02. The van der Waals surface area contributed by atoms with Crippen LogP contribution in [0.25, 0.3) is 11.4 Å². The molecule has 1 aromatic carbocycles. The van der Waals surface area contributed by atoms with E-state index < -0.39 is 0 Å². The number of thioether (sulfide) groups is 1. The summed E-state index contributed by atoms with van der Waals surface area (Å²) in [4.78, 5) is 9.72. The fourth-order valence-corrected chi connectivity index (χ4v) is 2.02. The highest BCUT2D eigenvalue weighted by Gasteiger charge is 2.04. The van der Waals surface area contributed by atoms with Crippen LogP contribution in [0, 0.1) is 3.57 Å². The summed E-state index contributed by atoms with van der Waals surface area (Å²) in [7, 11) is 0. The first-order valence-corrected chi connectivity index (χ1v) is 7.21. The number of hydrogen-bond donors (Lipinski definition) is 0. The van der Waals surface area contributed by atoms with Gasteiger partial charge in [0, 0.05) is 16.7 Å². The van der Waals surface area contributed by atoms with Crippen molar-refractivity contribution in [3.63, 3.8) is 0 Å². The molecule has 0 aliphatic carbocycles. The molecule has 5 heteroatoms. The average Bonchev–Trinajstić information content (AvgIpc) is 2.33. The van der Waals surface area contributed by atoms with E-state index in [-0.39, 0.29) is 0 Å². The van der Waals surface area contributed by atoms with Gasteiger partial charge in [-0.25, -0.2) is 9.97 Å². The smallest absolute Gasteiger partial charge is 0.160 e. The zero-order chi connectivity index (χ0) is 11.5. The number of nitrogens with zero attached hydrogens (tertiary/aromatic N) is 2. The van der Waals surface area contributed by atoms with Gasteiger partial charge >= 0.3 is 0 Å². The van der Waals surface area contributed by atoms with Crippen molar-refractivity contribution in [3.8, 4) is 11.4 Å². The molecule has 1 heterocycles. The van der Waals surface area contributed by atoms with Crippen molar-refractivity contribution in [1.29, 1.82) is 0 Å². The summed E-state index contributed by atoms with van der Waals surface area (Å²) < 4.78 is 0.865. The standard InChI is InChI=1S/C11H8ClIN2S/c1-16-8-4-2-7(3-5-8)11-14-6-9(13)10(12)15-11/h2-6H,1H3. The zero-order valence-corrected chi connectivity index (χ0v) is 12.2. The van der Waals surface area contributed by atoms with Gasteiger partial charge in [-0.05, 0) is 41.0 Å². The van der Waals surface area contributed by atoms with Gasteiger partial charge in [-0.2, -0.15) is 0 Å². The summed E-state index contributed by atoms with van der Waals surface area (Å²) in [5, 5.41) is 0.500. The minimum atomic E-state index is 0.500. The van der Waals surface area contributed by atoms with E-state index in [2.05, 4.69) is 44.7 Å². The molecule has 0 bridgehead atoms. The van der Waals surface area contributed by atoms with Crippen molar-refractivity contribution in [2.24, 2.45) is 0 Å². The quantitative estimate of drug-likeness (QED) is 0.456. The monoisotopic (exact) mass is 362 g/mol. The Morgan fingerprint density at radius 1 is 1.25 bits per heavy atom. The summed E-state index contributed by atoms with van der Waals surface area (Å²) in [6.07, 6.45) is 3.78. The van der Waals surface area contributed by atoms with Crippen LogP contribution in [-0.4, -0.2) is 16.2 Å². The van der Waals surface area contributed by atoms with Gasteiger partial charge in [0.2, 0.25) is 0 Å². The summed E-state index contributed by atoms with van der Waals surface area (Å²) >= 11 is 9.78. The van der Waals surface area contributed by atoms with Crippen LogP contribution in [-0.2, 0) is 0 Å².